The molecule has 3 aromatic rings. The third-order valence-corrected chi connectivity index (χ3v) is 9.39. The first kappa shape index (κ1) is 33.3. The fraction of sp³-hybridized carbons (Fsp3) is 0.421. The molecule has 1 N–H and O–H groups in total. The van der Waals surface area contributed by atoms with Crippen molar-refractivity contribution in [3.8, 4) is 22.6 Å². The van der Waals surface area contributed by atoms with Crippen LogP contribution in [0.4, 0.5) is 15.3 Å². The quantitative estimate of drug-likeness (QED) is 0.227. The maximum atomic E-state index is 13.2. The molecule has 242 valence electrons. The highest BCUT2D eigenvalue weighted by Gasteiger charge is 2.30. The van der Waals surface area contributed by atoms with Gasteiger partial charge in [0.25, 0.3) is 0 Å². The van der Waals surface area contributed by atoms with Crippen LogP contribution < -0.4 is 5.32 Å². The summed E-state index contributed by atoms with van der Waals surface area (Å²) < 4.78 is 11.5. The van der Waals surface area contributed by atoms with E-state index >= 15 is 0 Å². The molecule has 0 bridgehead atoms. The SMILES string of the molecule is Cc1c(CN2CCN(C(=O)OCC3c4ccccc4-c4ccccc43)CC2)cc(NC(=O)OC(C)(C)C)c(C)c1C#C[Si](C)(C)C. The first-order valence-electron chi connectivity index (χ1n) is 16.2. The largest absolute Gasteiger partial charge is 0.448 e. The molecule has 1 fully saturated rings. The van der Waals surface area contributed by atoms with Gasteiger partial charge in [-0.25, -0.2) is 9.59 Å². The number of benzene rings is 3. The van der Waals surface area contributed by atoms with E-state index in [0.29, 0.717) is 31.9 Å². The minimum atomic E-state index is -1.63. The van der Waals surface area contributed by atoms with E-state index in [9.17, 15) is 9.59 Å². The Hall–Kier alpha value is -4.06. The van der Waals surface area contributed by atoms with E-state index in [1.54, 1.807) is 0 Å². The fourth-order valence-corrected chi connectivity index (χ4v) is 6.63. The summed E-state index contributed by atoms with van der Waals surface area (Å²) in [6, 6.07) is 18.8. The Labute approximate surface area is 275 Å². The van der Waals surface area contributed by atoms with Crippen molar-refractivity contribution in [3.05, 3.63) is 88.0 Å². The lowest BCUT2D eigenvalue weighted by molar-refractivity contribution is 0.0635. The fourth-order valence-electron chi connectivity index (χ4n) is 6.13. The average molecular weight is 638 g/mol. The molecular weight excluding hydrogens is 591 g/mol. The van der Waals surface area contributed by atoms with Crippen LogP contribution in [0.5, 0.6) is 0 Å². The van der Waals surface area contributed by atoms with Gasteiger partial charge in [-0.05, 0) is 79.6 Å². The van der Waals surface area contributed by atoms with Crippen molar-refractivity contribution in [2.45, 2.75) is 72.3 Å². The van der Waals surface area contributed by atoms with Gasteiger partial charge in [0.15, 0.2) is 0 Å². The molecule has 1 aliphatic heterocycles. The average Bonchev–Trinajstić information content (AvgIpc) is 3.30. The van der Waals surface area contributed by atoms with E-state index in [0.717, 1.165) is 35.3 Å². The van der Waals surface area contributed by atoms with E-state index in [1.807, 2.05) is 50.8 Å². The molecular formula is C38H47N3O4Si. The van der Waals surface area contributed by atoms with Crippen LogP contribution in [-0.4, -0.2) is 68.4 Å². The van der Waals surface area contributed by atoms with Crippen molar-refractivity contribution >= 4 is 25.9 Å². The van der Waals surface area contributed by atoms with Crippen LogP contribution in [0, 0.1) is 25.3 Å². The molecule has 1 aliphatic carbocycles. The summed E-state index contributed by atoms with van der Waals surface area (Å²) in [5, 5.41) is 2.98. The molecule has 0 spiro atoms. The highest BCUT2D eigenvalue weighted by Crippen LogP contribution is 2.44. The third-order valence-electron chi connectivity index (χ3n) is 8.51. The van der Waals surface area contributed by atoms with E-state index in [1.165, 1.54) is 22.3 Å². The first-order chi connectivity index (χ1) is 21.7. The van der Waals surface area contributed by atoms with Crippen LogP contribution in [0.2, 0.25) is 19.6 Å². The summed E-state index contributed by atoms with van der Waals surface area (Å²) in [6.45, 7) is 20.0. The van der Waals surface area contributed by atoms with Crippen LogP contribution in [0.25, 0.3) is 11.1 Å². The Balaban J connectivity index is 1.25. The predicted octanol–water partition coefficient (Wildman–Crippen LogP) is 7.95. The van der Waals surface area contributed by atoms with Crippen molar-refractivity contribution in [2.75, 3.05) is 38.1 Å². The van der Waals surface area contributed by atoms with Gasteiger partial charge in [0.1, 0.15) is 20.3 Å². The van der Waals surface area contributed by atoms with Crippen molar-refractivity contribution < 1.29 is 19.1 Å². The van der Waals surface area contributed by atoms with Gasteiger partial charge in [0.05, 0.1) is 0 Å². The van der Waals surface area contributed by atoms with Gasteiger partial charge in [0, 0.05) is 49.9 Å². The number of piperazine rings is 1. The number of nitrogens with zero attached hydrogens (tertiary/aromatic N) is 2. The molecule has 5 rings (SSSR count). The lowest BCUT2D eigenvalue weighted by atomic mass is 9.95. The number of hydrogen-bond acceptors (Lipinski definition) is 5. The van der Waals surface area contributed by atoms with Crippen LogP contribution in [-0.2, 0) is 16.0 Å². The molecule has 1 heterocycles. The molecule has 2 aliphatic rings. The summed E-state index contributed by atoms with van der Waals surface area (Å²) in [7, 11) is -1.63. The molecule has 0 radical (unpaired) electrons. The molecule has 1 saturated heterocycles. The molecule has 0 aromatic heterocycles. The molecule has 0 saturated carbocycles. The van der Waals surface area contributed by atoms with Crippen LogP contribution >= 0.6 is 0 Å². The van der Waals surface area contributed by atoms with Gasteiger partial charge in [0.2, 0.25) is 0 Å². The third kappa shape index (κ3) is 7.83. The molecule has 46 heavy (non-hydrogen) atoms. The Bertz CT molecular complexity index is 1640. The van der Waals surface area contributed by atoms with Crippen molar-refractivity contribution in [2.24, 2.45) is 0 Å². The second-order valence-electron chi connectivity index (χ2n) is 14.4. The van der Waals surface area contributed by atoms with E-state index < -0.39 is 19.8 Å². The summed E-state index contributed by atoms with van der Waals surface area (Å²) in [5.74, 6) is 3.51. The van der Waals surface area contributed by atoms with Gasteiger partial charge in [-0.3, -0.25) is 10.2 Å². The summed E-state index contributed by atoms with van der Waals surface area (Å²) in [6.07, 6.45) is -0.744. The number of nitrogens with one attached hydrogen (secondary N) is 1. The van der Waals surface area contributed by atoms with Crippen LogP contribution in [0.3, 0.4) is 0 Å². The smallest absolute Gasteiger partial charge is 0.412 e. The van der Waals surface area contributed by atoms with Crippen LogP contribution in [0.15, 0.2) is 54.6 Å². The maximum Gasteiger partial charge on any atom is 0.412 e. The monoisotopic (exact) mass is 637 g/mol. The Morgan fingerprint density at radius 1 is 0.913 bits per heavy atom. The molecule has 7 nitrogen and oxygen atoms in total. The summed E-state index contributed by atoms with van der Waals surface area (Å²) in [5.41, 5.74) is 12.6. The van der Waals surface area contributed by atoms with Gasteiger partial charge in [-0.15, -0.1) is 5.54 Å². The van der Waals surface area contributed by atoms with Crippen molar-refractivity contribution in [1.29, 1.82) is 0 Å². The van der Waals surface area contributed by atoms with E-state index in [-0.39, 0.29) is 12.0 Å². The number of rotatable bonds is 5. The lowest BCUT2D eigenvalue weighted by Gasteiger charge is -2.34. The van der Waals surface area contributed by atoms with Crippen molar-refractivity contribution in [1.82, 2.24) is 9.80 Å². The first-order valence-corrected chi connectivity index (χ1v) is 19.7. The van der Waals surface area contributed by atoms with Crippen LogP contribution in [0.1, 0.15) is 60.1 Å². The Morgan fingerprint density at radius 3 is 2.07 bits per heavy atom. The predicted molar refractivity (Wildman–Crippen MR) is 188 cm³/mol. The highest BCUT2D eigenvalue weighted by atomic mass is 28.3. The summed E-state index contributed by atoms with van der Waals surface area (Å²) in [4.78, 5) is 30.1. The van der Waals surface area contributed by atoms with Gasteiger partial charge >= 0.3 is 12.2 Å². The maximum absolute atomic E-state index is 13.2. The molecule has 0 unspecified atom stereocenters. The Morgan fingerprint density at radius 2 is 1.50 bits per heavy atom. The zero-order chi connectivity index (χ0) is 33.2. The van der Waals surface area contributed by atoms with Gasteiger partial charge < -0.3 is 14.4 Å². The number of amides is 2. The zero-order valence-electron chi connectivity index (χ0n) is 28.5. The van der Waals surface area contributed by atoms with Crippen molar-refractivity contribution in [3.63, 3.8) is 0 Å². The molecule has 8 heteroatoms. The second kappa shape index (κ2) is 13.3. The molecule has 2 amide bonds. The number of fused-ring (bicyclic) bond motifs is 3. The minimum Gasteiger partial charge on any atom is -0.448 e. The zero-order valence-corrected chi connectivity index (χ0v) is 29.5. The van der Waals surface area contributed by atoms with E-state index in [4.69, 9.17) is 9.47 Å². The number of anilines is 1. The lowest BCUT2D eigenvalue weighted by Crippen LogP contribution is -2.48. The Kier molecular flexibility index (Phi) is 9.66. The number of hydrogen-bond donors (Lipinski definition) is 1. The molecule has 3 aromatic carbocycles. The van der Waals surface area contributed by atoms with E-state index in [2.05, 4.69) is 84.6 Å². The summed E-state index contributed by atoms with van der Waals surface area (Å²) >= 11 is 0. The number of carbonyl (C=O) groups is 2. The normalized spacial score (nSPS) is 15.0. The van der Waals surface area contributed by atoms with Gasteiger partial charge in [-0.2, -0.15) is 0 Å². The second-order valence-corrected chi connectivity index (χ2v) is 19.2. The topological polar surface area (TPSA) is 71.1 Å². The minimum absolute atomic E-state index is 0.0453. The molecule has 0 atom stereocenters. The number of carbonyl (C=O) groups excluding carboxylic acids is 2. The van der Waals surface area contributed by atoms with Gasteiger partial charge in [-0.1, -0.05) is 74.1 Å². The standard InChI is InChI=1S/C38H47N3O4Si/c1-26-28(23-35(39-36(42)45-38(3,4)5)27(2)29(26)17-22-46(6,7)8)24-40-18-20-41(21-19-40)37(43)44-25-34-32-15-11-9-13-30(32)31-14-10-12-16-33(31)34/h9-16,23,34H,18-21,24-25H2,1-8H3,(H,39,42). The number of ether oxygens (including phenoxy) is 2. The highest BCUT2D eigenvalue weighted by molar-refractivity contribution is 6.83.